The van der Waals surface area contributed by atoms with Gasteiger partial charge in [-0.05, 0) is 36.7 Å². The molecule has 140 valence electrons. The number of ketones is 1. The molecule has 1 aromatic rings. The lowest BCUT2D eigenvalue weighted by Gasteiger charge is -2.36. The molecule has 2 fully saturated rings. The summed E-state index contributed by atoms with van der Waals surface area (Å²) >= 11 is 0. The second kappa shape index (κ2) is 7.22. The van der Waals surface area contributed by atoms with Crippen LogP contribution in [0.2, 0.25) is 0 Å². The molecule has 3 amide bonds. The Morgan fingerprint density at radius 1 is 1.27 bits per heavy atom. The minimum atomic E-state index is -0.809. The van der Waals surface area contributed by atoms with Gasteiger partial charge >= 0.3 is 6.03 Å². The Kier molecular flexibility index (Phi) is 5.17. The van der Waals surface area contributed by atoms with Gasteiger partial charge in [0.15, 0.2) is 5.78 Å². The van der Waals surface area contributed by atoms with Gasteiger partial charge in [-0.1, -0.05) is 57.9 Å². The molecule has 1 saturated heterocycles. The fourth-order valence-corrected chi connectivity index (χ4v) is 4.11. The van der Waals surface area contributed by atoms with Crippen LogP contribution in [-0.2, 0) is 4.79 Å². The van der Waals surface area contributed by atoms with Crippen LogP contribution in [0.15, 0.2) is 24.3 Å². The van der Waals surface area contributed by atoms with Crippen molar-refractivity contribution < 1.29 is 14.4 Å². The summed E-state index contributed by atoms with van der Waals surface area (Å²) in [4.78, 5) is 39.1. The molecule has 1 aliphatic carbocycles. The summed E-state index contributed by atoms with van der Waals surface area (Å²) < 4.78 is 0. The Morgan fingerprint density at radius 2 is 1.96 bits per heavy atom. The fourth-order valence-electron chi connectivity index (χ4n) is 4.11. The Morgan fingerprint density at radius 3 is 2.58 bits per heavy atom. The van der Waals surface area contributed by atoms with E-state index in [1.807, 2.05) is 19.1 Å². The van der Waals surface area contributed by atoms with Crippen molar-refractivity contribution in [3.63, 3.8) is 0 Å². The van der Waals surface area contributed by atoms with Crippen molar-refractivity contribution in [3.8, 4) is 0 Å². The SMILES string of the molecule is CC[C@H](C)c1ccc(C(=O)CN2C(=O)N[C@]3(CCCC[C@@H]3C)C2=O)cc1. The molecule has 1 N–H and O–H groups in total. The highest BCUT2D eigenvalue weighted by Crippen LogP contribution is 2.38. The Labute approximate surface area is 155 Å². The van der Waals surface area contributed by atoms with E-state index in [-0.39, 0.29) is 24.2 Å². The monoisotopic (exact) mass is 356 g/mol. The number of imide groups is 1. The van der Waals surface area contributed by atoms with Gasteiger partial charge in [0.05, 0.1) is 6.54 Å². The first-order valence-corrected chi connectivity index (χ1v) is 9.66. The minimum absolute atomic E-state index is 0.0996. The van der Waals surface area contributed by atoms with Gasteiger partial charge in [0.1, 0.15) is 5.54 Å². The Balaban J connectivity index is 1.73. The molecule has 1 spiro atoms. The molecule has 26 heavy (non-hydrogen) atoms. The molecule has 5 heteroatoms. The Hall–Kier alpha value is -2.17. The second-order valence-electron chi connectivity index (χ2n) is 7.79. The van der Waals surface area contributed by atoms with E-state index in [9.17, 15) is 14.4 Å². The van der Waals surface area contributed by atoms with Crippen molar-refractivity contribution in [2.45, 2.75) is 64.3 Å². The number of carbonyl (C=O) groups excluding carboxylic acids is 3. The second-order valence-corrected chi connectivity index (χ2v) is 7.79. The van der Waals surface area contributed by atoms with Crippen LogP contribution >= 0.6 is 0 Å². The highest BCUT2D eigenvalue weighted by molar-refractivity contribution is 6.11. The lowest BCUT2D eigenvalue weighted by molar-refractivity contribution is -0.133. The highest BCUT2D eigenvalue weighted by atomic mass is 16.2. The van der Waals surface area contributed by atoms with Gasteiger partial charge in [-0.25, -0.2) is 4.79 Å². The van der Waals surface area contributed by atoms with Gasteiger partial charge in [-0.3, -0.25) is 14.5 Å². The first kappa shape index (κ1) is 18.6. The number of nitrogens with zero attached hydrogens (tertiary/aromatic N) is 1. The first-order chi connectivity index (χ1) is 12.4. The smallest absolute Gasteiger partial charge is 0.323 e. The predicted molar refractivity (Wildman–Crippen MR) is 100 cm³/mol. The summed E-state index contributed by atoms with van der Waals surface area (Å²) in [5.74, 6) is 0.101. The van der Waals surface area contributed by atoms with E-state index in [1.165, 1.54) is 5.56 Å². The molecular weight excluding hydrogens is 328 g/mol. The molecule has 1 saturated carbocycles. The highest BCUT2D eigenvalue weighted by Gasteiger charge is 2.55. The van der Waals surface area contributed by atoms with Crippen molar-refractivity contribution in [1.82, 2.24) is 10.2 Å². The van der Waals surface area contributed by atoms with Crippen molar-refractivity contribution >= 4 is 17.7 Å². The predicted octanol–water partition coefficient (Wildman–Crippen LogP) is 3.88. The van der Waals surface area contributed by atoms with E-state index >= 15 is 0 Å². The van der Waals surface area contributed by atoms with Crippen LogP contribution in [0.5, 0.6) is 0 Å². The molecule has 3 rings (SSSR count). The zero-order valence-electron chi connectivity index (χ0n) is 15.9. The molecule has 1 aromatic carbocycles. The van der Waals surface area contributed by atoms with Gasteiger partial charge in [-0.15, -0.1) is 0 Å². The lowest BCUT2D eigenvalue weighted by atomic mass is 9.73. The van der Waals surface area contributed by atoms with Crippen LogP contribution in [0, 0.1) is 5.92 Å². The van der Waals surface area contributed by atoms with Crippen LogP contribution in [0.4, 0.5) is 4.79 Å². The zero-order chi connectivity index (χ0) is 18.9. The minimum Gasteiger partial charge on any atom is -0.323 e. The molecule has 1 aliphatic heterocycles. The van der Waals surface area contributed by atoms with E-state index in [2.05, 4.69) is 19.2 Å². The van der Waals surface area contributed by atoms with Crippen LogP contribution in [0.25, 0.3) is 0 Å². The number of hydrogen-bond acceptors (Lipinski definition) is 3. The standard InChI is InChI=1S/C21H28N2O3/c1-4-14(2)16-8-10-17(11-9-16)18(24)13-23-19(25)21(22-20(23)26)12-6-5-7-15(21)3/h8-11,14-15H,4-7,12-13H2,1-3H3,(H,22,26)/t14-,15-,21-/m0/s1. The molecular formula is C21H28N2O3. The average molecular weight is 356 g/mol. The number of hydrogen-bond donors (Lipinski definition) is 1. The van der Waals surface area contributed by atoms with Gasteiger partial charge in [0.2, 0.25) is 0 Å². The summed E-state index contributed by atoms with van der Waals surface area (Å²) in [5, 5.41) is 2.89. The van der Waals surface area contributed by atoms with Crippen LogP contribution in [0.1, 0.15) is 74.7 Å². The summed E-state index contributed by atoms with van der Waals surface area (Å²) in [7, 11) is 0. The van der Waals surface area contributed by atoms with E-state index in [0.717, 1.165) is 30.6 Å². The van der Waals surface area contributed by atoms with Crippen molar-refractivity contribution in [2.75, 3.05) is 6.54 Å². The third kappa shape index (κ3) is 3.15. The Bertz CT molecular complexity index is 712. The summed E-state index contributed by atoms with van der Waals surface area (Å²) in [6.07, 6.45) is 4.62. The number of urea groups is 1. The normalized spacial score (nSPS) is 26.9. The van der Waals surface area contributed by atoms with Gasteiger partial charge in [0.25, 0.3) is 5.91 Å². The third-order valence-corrected chi connectivity index (χ3v) is 6.22. The summed E-state index contributed by atoms with van der Waals surface area (Å²) in [5.41, 5.74) is 0.917. The van der Waals surface area contributed by atoms with Crippen molar-refractivity contribution in [2.24, 2.45) is 5.92 Å². The van der Waals surface area contributed by atoms with Gasteiger partial charge < -0.3 is 5.32 Å². The topological polar surface area (TPSA) is 66.5 Å². The number of carbonyl (C=O) groups is 3. The number of rotatable bonds is 5. The van der Waals surface area contributed by atoms with Crippen LogP contribution < -0.4 is 5.32 Å². The zero-order valence-corrected chi connectivity index (χ0v) is 15.9. The third-order valence-electron chi connectivity index (χ3n) is 6.22. The largest absolute Gasteiger partial charge is 0.325 e. The maximum absolute atomic E-state index is 12.9. The fraction of sp³-hybridized carbons (Fsp3) is 0.571. The van der Waals surface area contributed by atoms with E-state index < -0.39 is 11.6 Å². The lowest BCUT2D eigenvalue weighted by Crippen LogP contribution is -2.54. The molecule has 1 heterocycles. The number of nitrogens with one attached hydrogen (secondary N) is 1. The quantitative estimate of drug-likeness (QED) is 0.643. The molecule has 2 aliphatic rings. The van der Waals surface area contributed by atoms with Crippen molar-refractivity contribution in [1.29, 1.82) is 0 Å². The molecule has 0 bridgehead atoms. The van der Waals surface area contributed by atoms with E-state index in [1.54, 1.807) is 12.1 Å². The molecule has 5 nitrogen and oxygen atoms in total. The maximum Gasteiger partial charge on any atom is 0.325 e. The number of amides is 3. The van der Waals surface area contributed by atoms with E-state index in [0.29, 0.717) is 17.9 Å². The first-order valence-electron chi connectivity index (χ1n) is 9.66. The van der Waals surface area contributed by atoms with Crippen LogP contribution in [0.3, 0.4) is 0 Å². The summed E-state index contributed by atoms with van der Waals surface area (Å²) in [6, 6.07) is 7.06. The van der Waals surface area contributed by atoms with E-state index in [4.69, 9.17) is 0 Å². The number of Topliss-reactive ketones (excluding diaryl/α,β-unsaturated/α-hetero) is 1. The molecule has 0 unspecified atom stereocenters. The van der Waals surface area contributed by atoms with Gasteiger partial charge in [-0.2, -0.15) is 0 Å². The molecule has 3 atom stereocenters. The number of benzene rings is 1. The molecule has 0 radical (unpaired) electrons. The summed E-state index contributed by atoms with van der Waals surface area (Å²) in [6.45, 7) is 6.09. The van der Waals surface area contributed by atoms with Gasteiger partial charge in [0, 0.05) is 5.56 Å². The molecule has 0 aromatic heterocycles. The maximum atomic E-state index is 12.9. The average Bonchev–Trinajstić information content (AvgIpc) is 2.88. The van der Waals surface area contributed by atoms with Crippen molar-refractivity contribution in [3.05, 3.63) is 35.4 Å². The van der Waals surface area contributed by atoms with Crippen LogP contribution in [-0.4, -0.2) is 34.7 Å².